The van der Waals surface area contributed by atoms with Crippen molar-refractivity contribution in [2.45, 2.75) is 25.3 Å². The summed E-state index contributed by atoms with van der Waals surface area (Å²) < 4.78 is 0. The molecule has 0 aliphatic carbocycles. The van der Waals surface area contributed by atoms with Crippen LogP contribution in [0, 0.1) is 11.3 Å². The van der Waals surface area contributed by atoms with E-state index in [9.17, 15) is 4.79 Å². The lowest BCUT2D eigenvalue weighted by Gasteiger charge is -2.27. The molecule has 2 rings (SSSR count). The molecule has 1 atom stereocenters. The number of hydrogen-bond donors (Lipinski definition) is 2. The van der Waals surface area contributed by atoms with Gasteiger partial charge in [-0.15, -0.1) is 0 Å². The molecule has 1 unspecified atom stereocenters. The number of hydrogen-bond acceptors (Lipinski definition) is 3. The highest BCUT2D eigenvalue weighted by molar-refractivity contribution is 5.89. The van der Waals surface area contributed by atoms with E-state index in [0.717, 1.165) is 32.4 Å². The largest absolute Gasteiger partial charge is 0.325 e. The first-order valence-corrected chi connectivity index (χ1v) is 6.95. The highest BCUT2D eigenvalue weighted by Crippen LogP contribution is 2.14. The zero-order valence-corrected chi connectivity index (χ0v) is 11.7. The first-order chi connectivity index (χ1) is 9.70. The second kappa shape index (κ2) is 6.92. The number of nitrogens with one attached hydrogen (secondary N) is 2. The Morgan fingerprint density at radius 1 is 1.35 bits per heavy atom. The topological polar surface area (TPSA) is 68.2 Å². The standard InChI is InChI=1S/C15H20N4O/c1-19(14-3-2-9-17-10-8-14)15(20)18-13-6-4-12(11-16)5-7-13/h4-7,14,17H,2-3,8-10H2,1H3,(H,18,20). The van der Waals surface area contributed by atoms with Gasteiger partial charge in [-0.2, -0.15) is 5.26 Å². The predicted octanol–water partition coefficient (Wildman–Crippen LogP) is 2.16. The van der Waals surface area contributed by atoms with Gasteiger partial charge in [-0.1, -0.05) is 0 Å². The maximum Gasteiger partial charge on any atom is 0.321 e. The summed E-state index contributed by atoms with van der Waals surface area (Å²) in [6, 6.07) is 9.14. The smallest absolute Gasteiger partial charge is 0.321 e. The fourth-order valence-corrected chi connectivity index (χ4v) is 2.39. The van der Waals surface area contributed by atoms with Crippen molar-refractivity contribution in [3.63, 3.8) is 0 Å². The van der Waals surface area contributed by atoms with Crippen LogP contribution in [0.3, 0.4) is 0 Å². The monoisotopic (exact) mass is 272 g/mol. The van der Waals surface area contributed by atoms with Crippen LogP contribution in [-0.2, 0) is 0 Å². The zero-order chi connectivity index (χ0) is 14.4. The summed E-state index contributed by atoms with van der Waals surface area (Å²) in [4.78, 5) is 14.0. The molecule has 20 heavy (non-hydrogen) atoms. The van der Waals surface area contributed by atoms with Gasteiger partial charge in [0.05, 0.1) is 11.6 Å². The van der Waals surface area contributed by atoms with Crippen molar-refractivity contribution in [3.8, 4) is 6.07 Å². The van der Waals surface area contributed by atoms with Gasteiger partial charge < -0.3 is 15.5 Å². The van der Waals surface area contributed by atoms with Gasteiger partial charge >= 0.3 is 6.03 Å². The summed E-state index contributed by atoms with van der Waals surface area (Å²) in [6.45, 7) is 1.99. The molecule has 5 heteroatoms. The fourth-order valence-electron chi connectivity index (χ4n) is 2.39. The molecular formula is C15H20N4O. The minimum absolute atomic E-state index is 0.0957. The summed E-state index contributed by atoms with van der Waals surface area (Å²) in [7, 11) is 1.84. The Morgan fingerprint density at radius 3 is 2.80 bits per heavy atom. The molecule has 1 aromatic carbocycles. The van der Waals surface area contributed by atoms with E-state index in [4.69, 9.17) is 5.26 Å². The molecule has 0 bridgehead atoms. The van der Waals surface area contributed by atoms with Crippen LogP contribution in [0.4, 0.5) is 10.5 Å². The summed E-state index contributed by atoms with van der Waals surface area (Å²) in [5, 5.41) is 15.0. The van der Waals surface area contributed by atoms with E-state index in [2.05, 4.69) is 16.7 Å². The summed E-state index contributed by atoms with van der Waals surface area (Å²) in [6.07, 6.45) is 3.11. The van der Waals surface area contributed by atoms with E-state index in [-0.39, 0.29) is 12.1 Å². The lowest BCUT2D eigenvalue weighted by Crippen LogP contribution is -2.40. The van der Waals surface area contributed by atoms with Gasteiger partial charge in [-0.05, 0) is 56.6 Å². The third-order valence-electron chi connectivity index (χ3n) is 3.68. The minimum Gasteiger partial charge on any atom is -0.325 e. The number of amides is 2. The summed E-state index contributed by atoms with van der Waals surface area (Å²) >= 11 is 0. The van der Waals surface area contributed by atoms with Crippen molar-refractivity contribution in [3.05, 3.63) is 29.8 Å². The SMILES string of the molecule is CN(C(=O)Nc1ccc(C#N)cc1)C1CCCNCC1. The van der Waals surface area contributed by atoms with Crippen LogP contribution in [0.2, 0.25) is 0 Å². The number of rotatable bonds is 2. The van der Waals surface area contributed by atoms with Crippen LogP contribution >= 0.6 is 0 Å². The van der Waals surface area contributed by atoms with Gasteiger partial charge in [0, 0.05) is 18.8 Å². The average molecular weight is 272 g/mol. The summed E-state index contributed by atoms with van der Waals surface area (Å²) in [5.41, 5.74) is 1.30. The molecule has 1 saturated heterocycles. The number of nitrogens with zero attached hydrogens (tertiary/aromatic N) is 2. The van der Waals surface area contributed by atoms with E-state index in [1.54, 1.807) is 29.2 Å². The van der Waals surface area contributed by atoms with Crippen molar-refractivity contribution >= 4 is 11.7 Å². The first-order valence-electron chi connectivity index (χ1n) is 6.95. The van der Waals surface area contributed by atoms with Crippen molar-refractivity contribution in [1.82, 2.24) is 10.2 Å². The van der Waals surface area contributed by atoms with E-state index in [1.807, 2.05) is 7.05 Å². The Balaban J connectivity index is 1.94. The molecule has 1 heterocycles. The molecule has 1 aromatic rings. The number of carbonyl (C=O) groups is 1. The Morgan fingerprint density at radius 2 is 2.10 bits per heavy atom. The second-order valence-corrected chi connectivity index (χ2v) is 5.06. The third-order valence-corrected chi connectivity index (χ3v) is 3.68. The van der Waals surface area contributed by atoms with Crippen molar-refractivity contribution in [2.24, 2.45) is 0 Å². The van der Waals surface area contributed by atoms with E-state index >= 15 is 0 Å². The molecule has 2 N–H and O–H groups in total. The summed E-state index contributed by atoms with van der Waals surface area (Å²) in [5.74, 6) is 0. The minimum atomic E-state index is -0.0957. The quantitative estimate of drug-likeness (QED) is 0.867. The fraction of sp³-hybridized carbons (Fsp3) is 0.467. The Bertz CT molecular complexity index is 484. The second-order valence-electron chi connectivity index (χ2n) is 5.06. The van der Waals surface area contributed by atoms with Crippen LogP contribution in [0.1, 0.15) is 24.8 Å². The molecule has 0 saturated carbocycles. The number of carbonyl (C=O) groups excluding carboxylic acids is 1. The Hall–Kier alpha value is -2.06. The molecule has 0 aromatic heterocycles. The van der Waals surface area contributed by atoms with Crippen LogP contribution < -0.4 is 10.6 Å². The lowest BCUT2D eigenvalue weighted by molar-refractivity contribution is 0.198. The van der Waals surface area contributed by atoms with Crippen LogP contribution in [0.5, 0.6) is 0 Å². The third kappa shape index (κ3) is 3.72. The van der Waals surface area contributed by atoms with Gasteiger partial charge in [-0.3, -0.25) is 0 Å². The van der Waals surface area contributed by atoms with Crippen LogP contribution in [0.15, 0.2) is 24.3 Å². The molecule has 5 nitrogen and oxygen atoms in total. The van der Waals surface area contributed by atoms with Crippen molar-refractivity contribution in [1.29, 1.82) is 5.26 Å². The van der Waals surface area contributed by atoms with Gasteiger partial charge in [0.1, 0.15) is 0 Å². The molecule has 1 aliphatic rings. The van der Waals surface area contributed by atoms with Gasteiger partial charge in [0.25, 0.3) is 0 Å². The highest BCUT2D eigenvalue weighted by atomic mass is 16.2. The molecule has 2 amide bonds. The van der Waals surface area contributed by atoms with Gasteiger partial charge in [-0.25, -0.2) is 4.79 Å². The Kier molecular flexibility index (Phi) is 4.97. The predicted molar refractivity (Wildman–Crippen MR) is 78.4 cm³/mol. The van der Waals surface area contributed by atoms with Crippen LogP contribution in [0.25, 0.3) is 0 Å². The number of benzene rings is 1. The molecular weight excluding hydrogens is 252 g/mol. The first kappa shape index (κ1) is 14.4. The van der Waals surface area contributed by atoms with E-state index < -0.39 is 0 Å². The lowest BCUT2D eigenvalue weighted by atomic mass is 10.1. The maximum atomic E-state index is 12.2. The van der Waals surface area contributed by atoms with E-state index in [1.165, 1.54) is 0 Å². The molecule has 106 valence electrons. The van der Waals surface area contributed by atoms with Crippen molar-refractivity contribution < 1.29 is 4.79 Å². The normalized spacial score (nSPS) is 18.7. The van der Waals surface area contributed by atoms with Crippen molar-refractivity contribution in [2.75, 3.05) is 25.5 Å². The maximum absolute atomic E-state index is 12.2. The zero-order valence-electron chi connectivity index (χ0n) is 11.7. The molecule has 1 fully saturated rings. The number of nitriles is 1. The molecule has 0 spiro atoms. The average Bonchev–Trinajstić information content (AvgIpc) is 2.76. The molecule has 0 radical (unpaired) electrons. The van der Waals surface area contributed by atoms with Crippen LogP contribution in [-0.4, -0.2) is 37.1 Å². The van der Waals surface area contributed by atoms with E-state index in [0.29, 0.717) is 11.3 Å². The van der Waals surface area contributed by atoms with Gasteiger partial charge in [0.2, 0.25) is 0 Å². The highest BCUT2D eigenvalue weighted by Gasteiger charge is 2.20. The van der Waals surface area contributed by atoms with Gasteiger partial charge in [0.15, 0.2) is 0 Å². The number of urea groups is 1. The number of anilines is 1. The Labute approximate surface area is 119 Å². The molecule has 1 aliphatic heterocycles.